The molecule has 1 heterocycles. The third-order valence-corrected chi connectivity index (χ3v) is 3.26. The van der Waals surface area contributed by atoms with Crippen LogP contribution in [0.5, 0.6) is 11.6 Å². The minimum atomic E-state index is 0.627. The number of hydrogen-bond acceptors (Lipinski definition) is 4. The molecule has 1 aromatic heterocycles. The minimum Gasteiger partial charge on any atom is -0.496 e. The van der Waals surface area contributed by atoms with E-state index in [1.54, 1.807) is 14.2 Å². The lowest BCUT2D eigenvalue weighted by molar-refractivity contribution is 0.396. The van der Waals surface area contributed by atoms with Gasteiger partial charge in [-0.2, -0.15) is 0 Å². The number of hydrogen-bond donors (Lipinski definition) is 1. The Morgan fingerprint density at radius 1 is 1.05 bits per heavy atom. The van der Waals surface area contributed by atoms with Gasteiger partial charge in [0.05, 0.1) is 26.5 Å². The van der Waals surface area contributed by atoms with Gasteiger partial charge in [0.2, 0.25) is 5.88 Å². The molecule has 0 radical (unpaired) electrons. The Labute approximate surface area is 119 Å². The molecule has 4 nitrogen and oxygen atoms in total. The molecule has 0 spiro atoms. The first-order chi connectivity index (χ1) is 9.65. The number of pyridine rings is 1. The average Bonchev–Trinajstić information content (AvgIpc) is 2.47. The van der Waals surface area contributed by atoms with Crippen molar-refractivity contribution in [2.24, 2.45) is 0 Å². The monoisotopic (exact) mass is 272 g/mol. The molecule has 1 aromatic carbocycles. The molecule has 1 N–H and O–H groups in total. The van der Waals surface area contributed by atoms with Crippen molar-refractivity contribution in [1.82, 2.24) is 4.98 Å². The summed E-state index contributed by atoms with van der Waals surface area (Å²) in [5.41, 5.74) is 4.23. The molecule has 0 unspecified atom stereocenters. The molecule has 106 valence electrons. The standard InChI is InChI=1S/C16H20N2O2/c1-11-8-9-14(12(2)16(11)20-4)17-10-13-6-5-7-15(18-13)19-3/h5-9,17H,10H2,1-4H3. The fourth-order valence-electron chi connectivity index (χ4n) is 2.19. The number of rotatable bonds is 5. The van der Waals surface area contributed by atoms with Crippen LogP contribution in [-0.4, -0.2) is 19.2 Å². The average molecular weight is 272 g/mol. The third kappa shape index (κ3) is 3.02. The number of methoxy groups -OCH3 is 2. The highest BCUT2D eigenvalue weighted by Gasteiger charge is 2.07. The van der Waals surface area contributed by atoms with Gasteiger partial charge >= 0.3 is 0 Å². The topological polar surface area (TPSA) is 43.4 Å². The highest BCUT2D eigenvalue weighted by atomic mass is 16.5. The molecule has 0 aliphatic heterocycles. The highest BCUT2D eigenvalue weighted by Crippen LogP contribution is 2.29. The molecular formula is C16H20N2O2. The van der Waals surface area contributed by atoms with Crippen molar-refractivity contribution in [3.8, 4) is 11.6 Å². The summed E-state index contributed by atoms with van der Waals surface area (Å²) in [5.74, 6) is 1.55. The number of aromatic nitrogens is 1. The van der Waals surface area contributed by atoms with Crippen LogP contribution in [0, 0.1) is 13.8 Å². The smallest absolute Gasteiger partial charge is 0.213 e. The molecule has 0 atom stereocenters. The van der Waals surface area contributed by atoms with Crippen LogP contribution in [0.15, 0.2) is 30.3 Å². The van der Waals surface area contributed by atoms with Crippen molar-refractivity contribution >= 4 is 5.69 Å². The largest absolute Gasteiger partial charge is 0.496 e. The maximum absolute atomic E-state index is 5.43. The van der Waals surface area contributed by atoms with Gasteiger partial charge < -0.3 is 14.8 Å². The maximum Gasteiger partial charge on any atom is 0.213 e. The SMILES string of the molecule is COc1cccc(CNc2ccc(C)c(OC)c2C)n1. The lowest BCUT2D eigenvalue weighted by atomic mass is 10.1. The van der Waals surface area contributed by atoms with Crippen LogP contribution in [0.1, 0.15) is 16.8 Å². The van der Waals surface area contributed by atoms with Crippen molar-refractivity contribution in [1.29, 1.82) is 0 Å². The molecule has 2 aromatic rings. The summed E-state index contributed by atoms with van der Waals surface area (Å²) < 4.78 is 10.6. The van der Waals surface area contributed by atoms with Crippen LogP contribution in [-0.2, 0) is 6.54 Å². The van der Waals surface area contributed by atoms with Gasteiger partial charge in [-0.25, -0.2) is 4.98 Å². The van der Waals surface area contributed by atoms with Crippen molar-refractivity contribution in [2.75, 3.05) is 19.5 Å². The zero-order chi connectivity index (χ0) is 14.5. The number of nitrogens with zero attached hydrogens (tertiary/aromatic N) is 1. The van der Waals surface area contributed by atoms with Crippen LogP contribution in [0.25, 0.3) is 0 Å². The van der Waals surface area contributed by atoms with Crippen molar-refractivity contribution in [3.05, 3.63) is 47.2 Å². The van der Waals surface area contributed by atoms with Crippen LogP contribution in [0.2, 0.25) is 0 Å². The predicted molar refractivity (Wildman–Crippen MR) is 80.6 cm³/mol. The molecule has 2 rings (SSSR count). The molecule has 20 heavy (non-hydrogen) atoms. The molecule has 0 aliphatic rings. The fraction of sp³-hybridized carbons (Fsp3) is 0.312. The summed E-state index contributed by atoms with van der Waals surface area (Å²) in [6.45, 7) is 4.73. The Morgan fingerprint density at radius 3 is 2.55 bits per heavy atom. The first-order valence-corrected chi connectivity index (χ1v) is 6.53. The van der Waals surface area contributed by atoms with Gasteiger partial charge in [0.15, 0.2) is 0 Å². The number of anilines is 1. The van der Waals surface area contributed by atoms with Gasteiger partial charge in [0, 0.05) is 17.3 Å². The lowest BCUT2D eigenvalue weighted by Gasteiger charge is -2.14. The van der Waals surface area contributed by atoms with E-state index >= 15 is 0 Å². The molecule has 0 amide bonds. The van der Waals surface area contributed by atoms with Gasteiger partial charge in [-0.3, -0.25) is 0 Å². The van der Waals surface area contributed by atoms with E-state index in [0.717, 1.165) is 28.3 Å². The van der Waals surface area contributed by atoms with Gasteiger partial charge in [-0.1, -0.05) is 12.1 Å². The van der Waals surface area contributed by atoms with E-state index in [1.807, 2.05) is 38.1 Å². The summed E-state index contributed by atoms with van der Waals surface area (Å²) in [6, 6.07) is 9.85. The molecule has 4 heteroatoms. The second-order valence-electron chi connectivity index (χ2n) is 4.61. The Kier molecular flexibility index (Phi) is 4.45. The van der Waals surface area contributed by atoms with Crippen LogP contribution in [0.3, 0.4) is 0 Å². The zero-order valence-corrected chi connectivity index (χ0v) is 12.4. The second kappa shape index (κ2) is 6.28. The van der Waals surface area contributed by atoms with Gasteiger partial charge in [-0.05, 0) is 31.5 Å². The van der Waals surface area contributed by atoms with E-state index in [9.17, 15) is 0 Å². The second-order valence-corrected chi connectivity index (χ2v) is 4.61. The van der Waals surface area contributed by atoms with E-state index in [0.29, 0.717) is 12.4 Å². The van der Waals surface area contributed by atoms with E-state index < -0.39 is 0 Å². The molecule has 0 saturated heterocycles. The normalized spacial score (nSPS) is 10.2. The fourth-order valence-corrected chi connectivity index (χ4v) is 2.19. The van der Waals surface area contributed by atoms with E-state index in [1.165, 1.54) is 0 Å². The predicted octanol–water partition coefficient (Wildman–Crippen LogP) is 3.33. The Balaban J connectivity index is 2.14. The molecule has 0 fully saturated rings. The van der Waals surface area contributed by atoms with Crippen molar-refractivity contribution in [2.45, 2.75) is 20.4 Å². The van der Waals surface area contributed by atoms with Gasteiger partial charge in [-0.15, -0.1) is 0 Å². The zero-order valence-electron chi connectivity index (χ0n) is 12.4. The number of nitrogens with one attached hydrogen (secondary N) is 1. The van der Waals surface area contributed by atoms with E-state index in [4.69, 9.17) is 9.47 Å². The number of aryl methyl sites for hydroxylation is 1. The highest BCUT2D eigenvalue weighted by molar-refractivity contribution is 5.59. The summed E-state index contributed by atoms with van der Waals surface area (Å²) in [6.07, 6.45) is 0. The van der Waals surface area contributed by atoms with Crippen molar-refractivity contribution < 1.29 is 9.47 Å². The number of ether oxygens (including phenoxy) is 2. The van der Waals surface area contributed by atoms with Gasteiger partial charge in [0.25, 0.3) is 0 Å². The van der Waals surface area contributed by atoms with Crippen LogP contribution >= 0.6 is 0 Å². The van der Waals surface area contributed by atoms with E-state index in [2.05, 4.69) is 16.4 Å². The Hall–Kier alpha value is -2.23. The first-order valence-electron chi connectivity index (χ1n) is 6.53. The lowest BCUT2D eigenvalue weighted by Crippen LogP contribution is -2.04. The van der Waals surface area contributed by atoms with E-state index in [-0.39, 0.29) is 0 Å². The molecule has 0 aliphatic carbocycles. The number of benzene rings is 1. The summed E-state index contributed by atoms with van der Waals surface area (Å²) in [5, 5.41) is 3.38. The van der Waals surface area contributed by atoms with Crippen LogP contribution < -0.4 is 14.8 Å². The van der Waals surface area contributed by atoms with Gasteiger partial charge in [0.1, 0.15) is 5.75 Å². The Morgan fingerprint density at radius 2 is 1.85 bits per heavy atom. The third-order valence-electron chi connectivity index (χ3n) is 3.26. The summed E-state index contributed by atoms with van der Waals surface area (Å²) >= 11 is 0. The molecule has 0 bridgehead atoms. The molecule has 0 saturated carbocycles. The summed E-state index contributed by atoms with van der Waals surface area (Å²) in [7, 11) is 3.32. The first kappa shape index (κ1) is 14.2. The summed E-state index contributed by atoms with van der Waals surface area (Å²) in [4.78, 5) is 4.38. The molecular weight excluding hydrogens is 252 g/mol. The van der Waals surface area contributed by atoms with Crippen molar-refractivity contribution in [3.63, 3.8) is 0 Å². The quantitative estimate of drug-likeness (QED) is 0.906. The minimum absolute atomic E-state index is 0.627. The maximum atomic E-state index is 5.43. The van der Waals surface area contributed by atoms with Crippen LogP contribution in [0.4, 0.5) is 5.69 Å². The Bertz CT molecular complexity index is 597.